The van der Waals surface area contributed by atoms with Gasteiger partial charge in [0.1, 0.15) is 0 Å². The van der Waals surface area contributed by atoms with Crippen molar-refractivity contribution < 1.29 is 0 Å². The van der Waals surface area contributed by atoms with Crippen LogP contribution in [0.5, 0.6) is 0 Å². The van der Waals surface area contributed by atoms with Crippen molar-refractivity contribution >= 4 is 27.8 Å². The maximum Gasteiger partial charge on any atom is 0.183 e. The number of nitrogens with zero attached hydrogens (tertiary/aromatic N) is 2. The fourth-order valence-corrected chi connectivity index (χ4v) is 2.80. The van der Waals surface area contributed by atoms with E-state index in [1.807, 2.05) is 6.20 Å². The Morgan fingerprint density at radius 3 is 2.81 bits per heavy atom. The molecule has 0 fully saturated rings. The van der Waals surface area contributed by atoms with Gasteiger partial charge in [0, 0.05) is 16.5 Å². The molecule has 0 spiro atoms. The molecule has 2 aromatic rings. The lowest BCUT2D eigenvalue weighted by Gasteiger charge is -1.98. The minimum Gasteiger partial charge on any atom is -0.356 e. The molecule has 2 heterocycles. The third-order valence-electron chi connectivity index (χ3n) is 2.22. The molecule has 2 rings (SSSR count). The summed E-state index contributed by atoms with van der Waals surface area (Å²) in [6.45, 7) is 5.04. The number of aryl methyl sites for hydroxylation is 2. The Morgan fingerprint density at radius 1 is 1.31 bits per heavy atom. The third-order valence-corrected chi connectivity index (χ3v) is 4.37. The number of rotatable bonds is 5. The van der Waals surface area contributed by atoms with E-state index < -0.39 is 0 Å². The van der Waals surface area contributed by atoms with Crippen molar-refractivity contribution in [2.24, 2.45) is 0 Å². The van der Waals surface area contributed by atoms with Crippen LogP contribution in [0.4, 0.5) is 5.13 Å². The fraction of sp³-hybridized carbons (Fsp3) is 0.455. The molecule has 0 atom stereocenters. The van der Waals surface area contributed by atoms with Crippen LogP contribution in [0, 0.1) is 0 Å². The smallest absolute Gasteiger partial charge is 0.183 e. The molecule has 0 aliphatic rings. The normalized spacial score (nSPS) is 10.6. The molecule has 3 nitrogen and oxygen atoms in total. The molecule has 5 heteroatoms. The van der Waals surface area contributed by atoms with Crippen LogP contribution in [-0.4, -0.2) is 9.97 Å². The monoisotopic (exact) mass is 253 g/mol. The van der Waals surface area contributed by atoms with Crippen molar-refractivity contribution in [1.82, 2.24) is 9.97 Å². The largest absolute Gasteiger partial charge is 0.356 e. The average Bonchev–Trinajstić information content (AvgIpc) is 2.95. The van der Waals surface area contributed by atoms with E-state index in [0.29, 0.717) is 0 Å². The standard InChI is InChI=1S/C11H15N3S2/c1-3-9-6-13-11(16-9)12-5-8-7-15-10(4-2)14-8/h6-7H,3-5H2,1-2H3,(H,12,13). The van der Waals surface area contributed by atoms with Gasteiger partial charge in [0.2, 0.25) is 0 Å². The van der Waals surface area contributed by atoms with Crippen molar-refractivity contribution in [3.8, 4) is 0 Å². The summed E-state index contributed by atoms with van der Waals surface area (Å²) in [6, 6.07) is 0. The van der Waals surface area contributed by atoms with Crippen LogP contribution in [0.25, 0.3) is 0 Å². The molecular weight excluding hydrogens is 238 g/mol. The van der Waals surface area contributed by atoms with Crippen molar-refractivity contribution in [3.63, 3.8) is 0 Å². The summed E-state index contributed by atoms with van der Waals surface area (Å²) in [7, 11) is 0. The lowest BCUT2D eigenvalue weighted by molar-refractivity contribution is 1.01. The van der Waals surface area contributed by atoms with Crippen molar-refractivity contribution in [1.29, 1.82) is 0 Å². The minimum absolute atomic E-state index is 0.771. The van der Waals surface area contributed by atoms with Crippen LogP contribution in [0.3, 0.4) is 0 Å². The molecule has 1 N–H and O–H groups in total. The van der Waals surface area contributed by atoms with E-state index in [0.717, 1.165) is 30.2 Å². The first kappa shape index (κ1) is 11.5. The third kappa shape index (κ3) is 2.80. The zero-order valence-electron chi connectivity index (χ0n) is 9.49. The zero-order chi connectivity index (χ0) is 11.4. The Hall–Kier alpha value is -0.940. The van der Waals surface area contributed by atoms with E-state index in [9.17, 15) is 0 Å². The topological polar surface area (TPSA) is 37.8 Å². The molecule has 16 heavy (non-hydrogen) atoms. The summed E-state index contributed by atoms with van der Waals surface area (Å²) in [5, 5.41) is 7.60. The summed E-state index contributed by atoms with van der Waals surface area (Å²) in [6.07, 6.45) is 4.00. The number of anilines is 1. The van der Waals surface area contributed by atoms with E-state index in [2.05, 4.69) is 34.5 Å². The van der Waals surface area contributed by atoms with E-state index in [4.69, 9.17) is 0 Å². The Kier molecular flexibility index (Phi) is 3.90. The van der Waals surface area contributed by atoms with E-state index in [-0.39, 0.29) is 0 Å². The highest BCUT2D eigenvalue weighted by Crippen LogP contribution is 2.19. The van der Waals surface area contributed by atoms with Gasteiger partial charge < -0.3 is 5.32 Å². The van der Waals surface area contributed by atoms with Crippen LogP contribution in [-0.2, 0) is 19.4 Å². The summed E-state index contributed by atoms with van der Waals surface area (Å²) in [5.41, 5.74) is 1.11. The van der Waals surface area contributed by atoms with E-state index >= 15 is 0 Å². The van der Waals surface area contributed by atoms with Gasteiger partial charge >= 0.3 is 0 Å². The van der Waals surface area contributed by atoms with Crippen LogP contribution in [0.1, 0.15) is 29.4 Å². The molecule has 0 unspecified atom stereocenters. The Bertz CT molecular complexity index is 405. The molecule has 0 saturated carbocycles. The highest BCUT2D eigenvalue weighted by atomic mass is 32.1. The van der Waals surface area contributed by atoms with Gasteiger partial charge in [-0.25, -0.2) is 9.97 Å². The van der Waals surface area contributed by atoms with Gasteiger partial charge in [-0.05, 0) is 12.8 Å². The Morgan fingerprint density at radius 2 is 2.19 bits per heavy atom. The number of hydrogen-bond donors (Lipinski definition) is 1. The van der Waals surface area contributed by atoms with Gasteiger partial charge in [0.15, 0.2) is 5.13 Å². The second-order valence-corrected chi connectivity index (χ2v) is 5.48. The van der Waals surface area contributed by atoms with Gasteiger partial charge in [-0.2, -0.15) is 0 Å². The Balaban J connectivity index is 1.91. The number of nitrogens with one attached hydrogen (secondary N) is 1. The van der Waals surface area contributed by atoms with E-state index in [1.165, 1.54) is 9.88 Å². The number of aromatic nitrogens is 2. The molecule has 0 bridgehead atoms. The molecule has 0 aliphatic carbocycles. The average molecular weight is 253 g/mol. The summed E-state index contributed by atoms with van der Waals surface area (Å²) in [5.74, 6) is 0. The second kappa shape index (κ2) is 5.41. The van der Waals surface area contributed by atoms with Gasteiger partial charge in [0.25, 0.3) is 0 Å². The van der Waals surface area contributed by atoms with Crippen molar-refractivity contribution in [2.75, 3.05) is 5.32 Å². The molecule has 2 aromatic heterocycles. The summed E-state index contributed by atoms with van der Waals surface area (Å²) >= 11 is 3.44. The summed E-state index contributed by atoms with van der Waals surface area (Å²) in [4.78, 5) is 10.1. The van der Waals surface area contributed by atoms with Gasteiger partial charge in [-0.15, -0.1) is 22.7 Å². The first-order valence-electron chi connectivity index (χ1n) is 5.43. The maximum atomic E-state index is 4.50. The molecule has 0 radical (unpaired) electrons. The van der Waals surface area contributed by atoms with Crippen LogP contribution in [0.2, 0.25) is 0 Å². The van der Waals surface area contributed by atoms with Crippen molar-refractivity contribution in [3.05, 3.63) is 27.2 Å². The molecule has 0 amide bonds. The quantitative estimate of drug-likeness (QED) is 0.888. The van der Waals surface area contributed by atoms with Crippen LogP contribution < -0.4 is 5.32 Å². The van der Waals surface area contributed by atoms with Gasteiger partial charge in [-0.1, -0.05) is 13.8 Å². The SMILES string of the molecule is CCc1cnc(NCc2csc(CC)n2)s1. The predicted octanol–water partition coefficient (Wildman–Crippen LogP) is 3.34. The molecule has 0 aliphatic heterocycles. The lowest BCUT2D eigenvalue weighted by Crippen LogP contribution is -1.99. The second-order valence-electron chi connectivity index (χ2n) is 3.42. The molecular formula is C11H15N3S2. The minimum atomic E-state index is 0.771. The molecule has 86 valence electrons. The summed E-state index contributed by atoms with van der Waals surface area (Å²) < 4.78 is 0. The maximum absolute atomic E-state index is 4.50. The molecule has 0 aromatic carbocycles. The van der Waals surface area contributed by atoms with E-state index in [1.54, 1.807) is 22.7 Å². The fourth-order valence-electron chi connectivity index (χ4n) is 1.31. The van der Waals surface area contributed by atoms with Gasteiger partial charge in [-0.3, -0.25) is 0 Å². The highest BCUT2D eigenvalue weighted by Gasteiger charge is 2.02. The molecule has 0 saturated heterocycles. The first-order valence-corrected chi connectivity index (χ1v) is 7.13. The van der Waals surface area contributed by atoms with Crippen LogP contribution >= 0.6 is 22.7 Å². The van der Waals surface area contributed by atoms with Crippen LogP contribution in [0.15, 0.2) is 11.6 Å². The number of hydrogen-bond acceptors (Lipinski definition) is 5. The number of thiazole rings is 2. The predicted molar refractivity (Wildman–Crippen MR) is 70.3 cm³/mol. The Labute approximate surface area is 104 Å². The zero-order valence-corrected chi connectivity index (χ0v) is 11.1. The highest BCUT2D eigenvalue weighted by molar-refractivity contribution is 7.15. The lowest BCUT2D eigenvalue weighted by atomic mass is 10.4. The van der Waals surface area contributed by atoms with Gasteiger partial charge in [0.05, 0.1) is 17.2 Å². The first-order chi connectivity index (χ1) is 7.81. The van der Waals surface area contributed by atoms with Crippen molar-refractivity contribution in [2.45, 2.75) is 33.2 Å².